The molecule has 0 aromatic heterocycles. The fraction of sp³-hybridized carbons (Fsp3) is 0.824. The first-order valence-electron chi connectivity index (χ1n) is 8.46. The van der Waals surface area contributed by atoms with Crippen LogP contribution in [-0.4, -0.2) is 36.0 Å². The molecule has 0 bridgehead atoms. The molecule has 0 saturated heterocycles. The summed E-state index contributed by atoms with van der Waals surface area (Å²) in [6.07, 6.45) is 4.97. The van der Waals surface area contributed by atoms with E-state index < -0.39 is 16.8 Å². The average Bonchev–Trinajstić information content (AvgIpc) is 2.49. The van der Waals surface area contributed by atoms with Crippen molar-refractivity contribution in [1.29, 1.82) is 0 Å². The van der Waals surface area contributed by atoms with Crippen molar-refractivity contribution in [2.45, 2.75) is 65.7 Å². The molecule has 3 N–H and O–H groups in total. The van der Waals surface area contributed by atoms with E-state index in [1.54, 1.807) is 0 Å². The third-order valence-corrected chi connectivity index (χ3v) is 4.44. The molecule has 1 aliphatic rings. The number of carbonyl (C=O) groups excluding carboxylic acids is 2. The van der Waals surface area contributed by atoms with E-state index in [2.05, 4.69) is 10.6 Å². The molecule has 132 valence electrons. The lowest BCUT2D eigenvalue weighted by Crippen LogP contribution is -2.44. The maximum Gasteiger partial charge on any atom is 0.311 e. The van der Waals surface area contributed by atoms with Gasteiger partial charge in [0.15, 0.2) is 0 Å². The van der Waals surface area contributed by atoms with Crippen LogP contribution in [0.1, 0.15) is 65.7 Å². The van der Waals surface area contributed by atoms with Gasteiger partial charge in [-0.1, -0.05) is 40.0 Å². The van der Waals surface area contributed by atoms with Crippen LogP contribution in [0, 0.1) is 10.8 Å². The summed E-state index contributed by atoms with van der Waals surface area (Å²) in [6, 6.07) is 0. The largest absolute Gasteiger partial charge is 0.481 e. The van der Waals surface area contributed by atoms with E-state index in [-0.39, 0.29) is 18.4 Å². The summed E-state index contributed by atoms with van der Waals surface area (Å²) in [7, 11) is 0. The Labute approximate surface area is 138 Å². The minimum atomic E-state index is -0.810. The quantitative estimate of drug-likeness (QED) is 0.624. The van der Waals surface area contributed by atoms with Crippen LogP contribution in [0.25, 0.3) is 0 Å². The van der Waals surface area contributed by atoms with Crippen molar-refractivity contribution in [1.82, 2.24) is 10.6 Å². The van der Waals surface area contributed by atoms with Gasteiger partial charge in [-0.2, -0.15) is 0 Å². The third kappa shape index (κ3) is 6.20. The zero-order valence-corrected chi connectivity index (χ0v) is 14.5. The summed E-state index contributed by atoms with van der Waals surface area (Å²) in [5.74, 6) is -0.999. The van der Waals surface area contributed by atoms with Gasteiger partial charge in [-0.05, 0) is 19.3 Å². The monoisotopic (exact) mass is 326 g/mol. The van der Waals surface area contributed by atoms with Gasteiger partial charge in [0.25, 0.3) is 0 Å². The zero-order chi connectivity index (χ0) is 17.5. The molecule has 0 radical (unpaired) electrons. The fourth-order valence-corrected chi connectivity index (χ4v) is 2.77. The molecule has 1 aliphatic carbocycles. The number of aliphatic carboxylic acids is 1. The van der Waals surface area contributed by atoms with E-state index in [9.17, 15) is 19.5 Å². The van der Waals surface area contributed by atoms with Gasteiger partial charge in [0.05, 0.1) is 5.41 Å². The number of carboxylic acid groups (broad SMARTS) is 1. The van der Waals surface area contributed by atoms with Crippen LogP contribution < -0.4 is 10.6 Å². The normalized spacial score (nSPS) is 17.3. The number of nitrogens with one attached hydrogen (secondary N) is 2. The van der Waals surface area contributed by atoms with Gasteiger partial charge in [-0.3, -0.25) is 14.4 Å². The minimum absolute atomic E-state index is 0.0371. The van der Waals surface area contributed by atoms with Crippen molar-refractivity contribution < 1.29 is 19.5 Å². The molecule has 0 aliphatic heterocycles. The molecule has 1 fully saturated rings. The van der Waals surface area contributed by atoms with Gasteiger partial charge in [-0.25, -0.2) is 0 Å². The summed E-state index contributed by atoms with van der Waals surface area (Å²) >= 11 is 0. The van der Waals surface area contributed by atoms with Crippen molar-refractivity contribution in [3.8, 4) is 0 Å². The highest BCUT2D eigenvalue weighted by molar-refractivity contribution is 5.81. The maximum atomic E-state index is 11.9. The van der Waals surface area contributed by atoms with Crippen molar-refractivity contribution >= 4 is 17.8 Å². The molecule has 0 atom stereocenters. The molecule has 2 amide bonds. The summed E-state index contributed by atoms with van der Waals surface area (Å²) in [5, 5.41) is 15.0. The van der Waals surface area contributed by atoms with Crippen molar-refractivity contribution in [2.24, 2.45) is 10.8 Å². The van der Waals surface area contributed by atoms with Crippen LogP contribution in [0.2, 0.25) is 0 Å². The van der Waals surface area contributed by atoms with Gasteiger partial charge >= 0.3 is 5.97 Å². The Morgan fingerprint density at radius 2 is 1.65 bits per heavy atom. The Morgan fingerprint density at radius 3 is 2.17 bits per heavy atom. The molecule has 23 heavy (non-hydrogen) atoms. The Hall–Kier alpha value is -1.59. The predicted octanol–water partition coefficient (Wildman–Crippen LogP) is 2.08. The van der Waals surface area contributed by atoms with Gasteiger partial charge in [-0.15, -0.1) is 0 Å². The van der Waals surface area contributed by atoms with Gasteiger partial charge in [0, 0.05) is 24.9 Å². The molecule has 0 spiro atoms. The second-order valence-electron chi connectivity index (χ2n) is 7.53. The van der Waals surface area contributed by atoms with Crippen LogP contribution >= 0.6 is 0 Å². The Balaban J connectivity index is 2.28. The Morgan fingerprint density at radius 1 is 1.04 bits per heavy atom. The molecule has 0 aromatic carbocycles. The van der Waals surface area contributed by atoms with Crippen LogP contribution in [0.15, 0.2) is 0 Å². The molecule has 0 aromatic rings. The lowest BCUT2D eigenvalue weighted by atomic mass is 9.74. The van der Waals surface area contributed by atoms with E-state index in [0.717, 1.165) is 19.3 Å². The highest BCUT2D eigenvalue weighted by Crippen LogP contribution is 2.36. The van der Waals surface area contributed by atoms with Gasteiger partial charge in [0.2, 0.25) is 11.8 Å². The molecular formula is C17H30N2O4. The number of rotatable bonds is 7. The molecule has 6 nitrogen and oxygen atoms in total. The summed E-state index contributed by atoms with van der Waals surface area (Å²) in [4.78, 5) is 35.1. The Bertz CT molecular complexity index is 434. The standard InChI is InChI=1S/C17H30N2O4/c1-16(2,3)14(21)18-11-7-8-13(20)19-12-17(15(22)23)9-5-4-6-10-17/h4-12H2,1-3H3,(H,18,21)(H,19,20)(H,22,23). The van der Waals surface area contributed by atoms with Crippen LogP contribution in [-0.2, 0) is 14.4 Å². The second-order valence-corrected chi connectivity index (χ2v) is 7.53. The zero-order valence-electron chi connectivity index (χ0n) is 14.5. The molecule has 6 heteroatoms. The number of carboxylic acids is 1. The third-order valence-electron chi connectivity index (χ3n) is 4.44. The summed E-state index contributed by atoms with van der Waals surface area (Å²) in [6.45, 7) is 6.17. The first kappa shape index (κ1) is 19.5. The molecule has 0 heterocycles. The van der Waals surface area contributed by atoms with Crippen LogP contribution in [0.4, 0.5) is 0 Å². The van der Waals surface area contributed by atoms with Crippen LogP contribution in [0.3, 0.4) is 0 Å². The SMILES string of the molecule is CC(C)(C)C(=O)NCCCC(=O)NCC1(C(=O)O)CCCCC1. The lowest BCUT2D eigenvalue weighted by Gasteiger charge is -2.33. The summed E-state index contributed by atoms with van der Waals surface area (Å²) < 4.78 is 0. The summed E-state index contributed by atoms with van der Waals surface area (Å²) in [5.41, 5.74) is -1.23. The average molecular weight is 326 g/mol. The van der Waals surface area contributed by atoms with Gasteiger partial charge < -0.3 is 15.7 Å². The molecule has 1 rings (SSSR count). The molecule has 1 saturated carbocycles. The fourth-order valence-electron chi connectivity index (χ4n) is 2.77. The predicted molar refractivity (Wildman–Crippen MR) is 87.9 cm³/mol. The number of hydrogen-bond donors (Lipinski definition) is 3. The number of amides is 2. The highest BCUT2D eigenvalue weighted by Gasteiger charge is 2.39. The van der Waals surface area contributed by atoms with Crippen molar-refractivity contribution in [2.75, 3.05) is 13.1 Å². The van der Waals surface area contributed by atoms with E-state index >= 15 is 0 Å². The first-order chi connectivity index (χ1) is 10.7. The van der Waals surface area contributed by atoms with Crippen molar-refractivity contribution in [3.63, 3.8) is 0 Å². The van der Waals surface area contributed by atoms with Crippen molar-refractivity contribution in [3.05, 3.63) is 0 Å². The van der Waals surface area contributed by atoms with Crippen LogP contribution in [0.5, 0.6) is 0 Å². The minimum Gasteiger partial charge on any atom is -0.481 e. The molecular weight excluding hydrogens is 296 g/mol. The van der Waals surface area contributed by atoms with E-state index in [1.165, 1.54) is 0 Å². The van der Waals surface area contributed by atoms with E-state index in [4.69, 9.17) is 0 Å². The highest BCUT2D eigenvalue weighted by atomic mass is 16.4. The second kappa shape index (κ2) is 8.31. The molecule has 0 unspecified atom stereocenters. The first-order valence-corrected chi connectivity index (χ1v) is 8.46. The van der Waals surface area contributed by atoms with Gasteiger partial charge in [0.1, 0.15) is 0 Å². The number of hydrogen-bond acceptors (Lipinski definition) is 3. The smallest absolute Gasteiger partial charge is 0.311 e. The number of carbonyl (C=O) groups is 3. The topological polar surface area (TPSA) is 95.5 Å². The van der Waals surface area contributed by atoms with E-state index in [0.29, 0.717) is 32.2 Å². The maximum absolute atomic E-state index is 11.9. The lowest BCUT2D eigenvalue weighted by molar-refractivity contribution is -0.151. The van der Waals surface area contributed by atoms with E-state index in [1.807, 2.05) is 20.8 Å². The Kier molecular flexibility index (Phi) is 7.03.